The molecule has 0 amide bonds. The Kier molecular flexibility index (Phi) is 1.57. The van der Waals surface area contributed by atoms with E-state index < -0.39 is 5.41 Å². The van der Waals surface area contributed by atoms with Gasteiger partial charge in [-0.1, -0.05) is 6.92 Å². The van der Waals surface area contributed by atoms with E-state index in [1.165, 1.54) is 7.11 Å². The molecule has 3 nitrogen and oxygen atoms in total. The zero-order valence-corrected chi connectivity index (χ0v) is 8.05. The van der Waals surface area contributed by atoms with Crippen molar-refractivity contribution in [2.75, 3.05) is 7.11 Å². The van der Waals surface area contributed by atoms with Crippen LogP contribution in [-0.2, 0) is 14.3 Å². The Morgan fingerprint density at radius 2 is 2.23 bits per heavy atom. The summed E-state index contributed by atoms with van der Waals surface area (Å²) in [6.45, 7) is 2.01. The van der Waals surface area contributed by atoms with E-state index in [-0.39, 0.29) is 17.2 Å². The number of fused-ring (bicyclic) bond motifs is 1. The van der Waals surface area contributed by atoms with Crippen LogP contribution in [0.1, 0.15) is 32.6 Å². The molecule has 2 fully saturated rings. The molecule has 0 saturated heterocycles. The summed E-state index contributed by atoms with van der Waals surface area (Å²) in [4.78, 5) is 23.2. The summed E-state index contributed by atoms with van der Waals surface area (Å²) in [5.74, 6) is -0.229. The van der Waals surface area contributed by atoms with Crippen molar-refractivity contribution in [3.05, 3.63) is 0 Å². The van der Waals surface area contributed by atoms with Crippen molar-refractivity contribution in [1.82, 2.24) is 0 Å². The molecule has 13 heavy (non-hydrogen) atoms. The van der Waals surface area contributed by atoms with Crippen molar-refractivity contribution in [2.45, 2.75) is 32.6 Å². The fourth-order valence-electron chi connectivity index (χ4n) is 2.74. The Labute approximate surface area is 77.4 Å². The lowest BCUT2D eigenvalue weighted by Gasteiger charge is -2.24. The normalized spacial score (nSPS) is 42.5. The molecular formula is C10H14O3. The summed E-state index contributed by atoms with van der Waals surface area (Å²) >= 11 is 0. The fourth-order valence-corrected chi connectivity index (χ4v) is 2.74. The van der Waals surface area contributed by atoms with Crippen LogP contribution >= 0.6 is 0 Å². The van der Waals surface area contributed by atoms with Crippen molar-refractivity contribution in [3.8, 4) is 0 Å². The number of ether oxygens (including phenoxy) is 1. The Balaban J connectivity index is 2.32. The molecule has 0 aromatic carbocycles. The average molecular weight is 182 g/mol. The standard InChI is InChI=1S/C10H14O3/c1-9-5-3-4-7(11)10(9,6-9)8(12)13-2/h3-6H2,1-2H3/t9-,10-/m1/s1. The molecule has 0 spiro atoms. The highest BCUT2D eigenvalue weighted by Gasteiger charge is 2.74. The van der Waals surface area contributed by atoms with Gasteiger partial charge in [-0.15, -0.1) is 0 Å². The number of rotatable bonds is 1. The molecular weight excluding hydrogens is 168 g/mol. The molecule has 2 saturated carbocycles. The quantitative estimate of drug-likeness (QED) is 0.453. The topological polar surface area (TPSA) is 43.4 Å². The van der Waals surface area contributed by atoms with Gasteiger partial charge in [0.05, 0.1) is 7.11 Å². The lowest BCUT2D eigenvalue weighted by molar-refractivity contribution is -0.154. The van der Waals surface area contributed by atoms with Crippen LogP contribution in [0.15, 0.2) is 0 Å². The summed E-state index contributed by atoms with van der Waals surface area (Å²) < 4.78 is 4.71. The van der Waals surface area contributed by atoms with Crippen LogP contribution in [0.3, 0.4) is 0 Å². The Morgan fingerprint density at radius 3 is 2.77 bits per heavy atom. The number of methoxy groups -OCH3 is 1. The zero-order valence-electron chi connectivity index (χ0n) is 8.05. The van der Waals surface area contributed by atoms with E-state index in [1.807, 2.05) is 6.92 Å². The van der Waals surface area contributed by atoms with Crippen molar-refractivity contribution in [2.24, 2.45) is 10.8 Å². The zero-order chi connectivity index (χ0) is 9.69. The Bertz CT molecular complexity index is 274. The molecule has 2 rings (SSSR count). The SMILES string of the molecule is COC(=O)[C@]12C[C@@]1(C)CCCC2=O. The van der Waals surface area contributed by atoms with Gasteiger partial charge in [0.1, 0.15) is 5.41 Å². The molecule has 0 aromatic rings. The van der Waals surface area contributed by atoms with Crippen molar-refractivity contribution in [3.63, 3.8) is 0 Å². The van der Waals surface area contributed by atoms with Gasteiger partial charge in [0.2, 0.25) is 0 Å². The maximum Gasteiger partial charge on any atom is 0.319 e. The monoisotopic (exact) mass is 182 g/mol. The predicted molar refractivity (Wildman–Crippen MR) is 46.0 cm³/mol. The van der Waals surface area contributed by atoms with E-state index in [0.717, 1.165) is 12.8 Å². The number of Topliss-reactive ketones (excluding diaryl/α,β-unsaturated/α-hetero) is 1. The van der Waals surface area contributed by atoms with Crippen molar-refractivity contribution in [1.29, 1.82) is 0 Å². The average Bonchev–Trinajstić information content (AvgIpc) is 2.74. The van der Waals surface area contributed by atoms with E-state index in [1.54, 1.807) is 0 Å². The van der Waals surface area contributed by atoms with Crippen molar-refractivity contribution < 1.29 is 14.3 Å². The maximum absolute atomic E-state index is 11.7. The van der Waals surface area contributed by atoms with Gasteiger partial charge in [-0.25, -0.2) is 0 Å². The summed E-state index contributed by atoms with van der Waals surface area (Å²) in [6, 6.07) is 0. The lowest BCUT2D eigenvalue weighted by atomic mass is 9.79. The summed E-state index contributed by atoms with van der Waals surface area (Å²) in [6.07, 6.45) is 3.15. The molecule has 2 atom stereocenters. The smallest absolute Gasteiger partial charge is 0.319 e. The van der Waals surface area contributed by atoms with Crippen LogP contribution < -0.4 is 0 Å². The first-order valence-electron chi connectivity index (χ1n) is 4.68. The number of ketones is 1. The van der Waals surface area contributed by atoms with Crippen LogP contribution in [0, 0.1) is 10.8 Å². The molecule has 72 valence electrons. The van der Waals surface area contributed by atoms with Gasteiger partial charge in [-0.2, -0.15) is 0 Å². The number of hydrogen-bond donors (Lipinski definition) is 0. The summed E-state index contributed by atoms with van der Waals surface area (Å²) in [5.41, 5.74) is -0.838. The second-order valence-electron chi connectivity index (χ2n) is 4.41. The van der Waals surface area contributed by atoms with Crippen LogP contribution in [0.4, 0.5) is 0 Å². The highest BCUT2D eigenvalue weighted by molar-refractivity contribution is 6.08. The lowest BCUT2D eigenvalue weighted by Crippen LogP contribution is -2.35. The predicted octanol–water partition coefficient (Wildman–Crippen LogP) is 1.31. The molecule has 0 aromatic heterocycles. The van der Waals surface area contributed by atoms with Crippen LogP contribution in [0.2, 0.25) is 0 Å². The second kappa shape index (κ2) is 2.34. The highest BCUT2D eigenvalue weighted by atomic mass is 16.5. The molecule has 0 heterocycles. The van der Waals surface area contributed by atoms with Gasteiger partial charge >= 0.3 is 5.97 Å². The van der Waals surface area contributed by atoms with Crippen molar-refractivity contribution >= 4 is 11.8 Å². The van der Waals surface area contributed by atoms with Crippen LogP contribution in [-0.4, -0.2) is 18.9 Å². The van der Waals surface area contributed by atoms with E-state index in [9.17, 15) is 9.59 Å². The maximum atomic E-state index is 11.7. The first kappa shape index (κ1) is 8.73. The molecule has 3 heteroatoms. The Hall–Kier alpha value is -0.860. The van der Waals surface area contributed by atoms with E-state index in [4.69, 9.17) is 4.74 Å². The third-order valence-electron chi connectivity index (χ3n) is 3.70. The van der Waals surface area contributed by atoms with Crippen LogP contribution in [0.5, 0.6) is 0 Å². The van der Waals surface area contributed by atoms with Crippen LogP contribution in [0.25, 0.3) is 0 Å². The van der Waals surface area contributed by atoms with E-state index >= 15 is 0 Å². The summed E-state index contributed by atoms with van der Waals surface area (Å²) in [7, 11) is 1.36. The minimum atomic E-state index is -0.750. The second-order valence-corrected chi connectivity index (χ2v) is 4.41. The molecule has 0 aliphatic heterocycles. The minimum absolute atomic E-state index is 0.0879. The van der Waals surface area contributed by atoms with Gasteiger partial charge < -0.3 is 4.74 Å². The minimum Gasteiger partial charge on any atom is -0.468 e. The fraction of sp³-hybridized carbons (Fsp3) is 0.800. The summed E-state index contributed by atoms with van der Waals surface area (Å²) in [5, 5.41) is 0. The number of esters is 1. The first-order valence-corrected chi connectivity index (χ1v) is 4.68. The van der Waals surface area contributed by atoms with E-state index in [2.05, 4.69) is 0 Å². The largest absolute Gasteiger partial charge is 0.468 e. The molecule has 0 bridgehead atoms. The number of carbonyl (C=O) groups is 2. The van der Waals surface area contributed by atoms with Gasteiger partial charge in [0.15, 0.2) is 5.78 Å². The van der Waals surface area contributed by atoms with Gasteiger partial charge in [-0.3, -0.25) is 9.59 Å². The number of hydrogen-bond acceptors (Lipinski definition) is 3. The molecule has 2 aliphatic carbocycles. The third-order valence-corrected chi connectivity index (χ3v) is 3.70. The van der Waals surface area contributed by atoms with Gasteiger partial charge in [0, 0.05) is 6.42 Å². The molecule has 0 unspecified atom stereocenters. The Morgan fingerprint density at radius 1 is 1.54 bits per heavy atom. The number of carbonyl (C=O) groups excluding carboxylic acids is 2. The highest BCUT2D eigenvalue weighted by Crippen LogP contribution is 2.69. The van der Waals surface area contributed by atoms with Gasteiger partial charge in [-0.05, 0) is 24.7 Å². The van der Waals surface area contributed by atoms with Gasteiger partial charge in [0.25, 0.3) is 0 Å². The molecule has 2 aliphatic rings. The first-order chi connectivity index (χ1) is 6.07. The molecule has 0 radical (unpaired) electrons. The third kappa shape index (κ3) is 0.847. The molecule has 0 N–H and O–H groups in total. The van der Waals surface area contributed by atoms with E-state index in [0.29, 0.717) is 12.8 Å².